The normalized spacial score (nSPS) is 12.4. The number of hydrogen-bond donors (Lipinski definition) is 2. The lowest BCUT2D eigenvalue weighted by Gasteiger charge is -2.10. The van der Waals surface area contributed by atoms with Crippen LogP contribution in [0.5, 0.6) is 0 Å². The minimum Gasteiger partial charge on any atom is -0.460 e. The van der Waals surface area contributed by atoms with Gasteiger partial charge in [0, 0.05) is 11.2 Å². The number of esters is 1. The fourth-order valence-electron chi connectivity index (χ4n) is 2.28. The van der Waals surface area contributed by atoms with E-state index in [0.717, 1.165) is 6.54 Å². The lowest BCUT2D eigenvalue weighted by atomic mass is 10.1. The van der Waals surface area contributed by atoms with Crippen molar-refractivity contribution in [2.75, 3.05) is 6.61 Å². The average Bonchev–Trinajstić information content (AvgIpc) is 3.20. The number of nitrogens with zero attached hydrogens (tertiary/aromatic N) is 2. The third-order valence-corrected chi connectivity index (χ3v) is 4.54. The molecule has 23 heavy (non-hydrogen) atoms. The van der Waals surface area contributed by atoms with Crippen LogP contribution in [0.25, 0.3) is 10.1 Å². The van der Waals surface area contributed by atoms with Crippen LogP contribution in [-0.2, 0) is 11.3 Å². The zero-order valence-electron chi connectivity index (χ0n) is 13.0. The highest BCUT2D eigenvalue weighted by atomic mass is 32.1. The van der Waals surface area contributed by atoms with Gasteiger partial charge in [0.05, 0.1) is 12.6 Å². The van der Waals surface area contributed by atoms with E-state index in [1.807, 2.05) is 19.1 Å². The van der Waals surface area contributed by atoms with Gasteiger partial charge in [0.2, 0.25) is 0 Å². The summed E-state index contributed by atoms with van der Waals surface area (Å²) in [6.07, 6.45) is 0. The number of carbonyl (C=O) groups excluding carboxylic acids is 1. The van der Waals surface area contributed by atoms with Gasteiger partial charge in [0.1, 0.15) is 5.82 Å². The average molecular weight is 330 g/mol. The Hall–Kier alpha value is -2.25. The highest BCUT2D eigenvalue weighted by molar-refractivity contribution is 7.17. The highest BCUT2D eigenvalue weighted by Gasteiger charge is 2.17. The molecule has 2 N–H and O–H groups in total. The maximum Gasteiger partial charge on any atom is 0.378 e. The van der Waals surface area contributed by atoms with E-state index in [2.05, 4.69) is 38.0 Å². The van der Waals surface area contributed by atoms with Gasteiger partial charge in [-0.1, -0.05) is 18.2 Å². The summed E-state index contributed by atoms with van der Waals surface area (Å²) in [5, 5.41) is 13.5. The monoisotopic (exact) mass is 330 g/mol. The molecule has 0 amide bonds. The number of ether oxygens (including phenoxy) is 1. The van der Waals surface area contributed by atoms with Crippen molar-refractivity contribution in [1.29, 1.82) is 0 Å². The van der Waals surface area contributed by atoms with Crippen LogP contribution in [-0.4, -0.2) is 27.8 Å². The number of carbonyl (C=O) groups is 1. The summed E-state index contributed by atoms with van der Waals surface area (Å²) < 4.78 is 6.16. The van der Waals surface area contributed by atoms with E-state index in [1.165, 1.54) is 15.6 Å². The molecule has 2 heterocycles. The van der Waals surface area contributed by atoms with Gasteiger partial charge in [-0.05, 0) is 36.2 Å². The van der Waals surface area contributed by atoms with Gasteiger partial charge in [-0.3, -0.25) is 5.10 Å². The zero-order chi connectivity index (χ0) is 16.2. The minimum absolute atomic E-state index is 0.0515. The molecule has 0 bridgehead atoms. The van der Waals surface area contributed by atoms with Crippen LogP contribution in [0.3, 0.4) is 0 Å². The van der Waals surface area contributed by atoms with Crippen LogP contribution in [0.2, 0.25) is 0 Å². The number of aromatic amines is 1. The first-order chi connectivity index (χ1) is 11.2. The molecule has 7 heteroatoms. The quantitative estimate of drug-likeness (QED) is 0.679. The van der Waals surface area contributed by atoms with Crippen molar-refractivity contribution in [3.63, 3.8) is 0 Å². The molecule has 6 nitrogen and oxygen atoms in total. The van der Waals surface area contributed by atoms with E-state index in [9.17, 15) is 4.79 Å². The van der Waals surface area contributed by atoms with Gasteiger partial charge < -0.3 is 10.1 Å². The number of aromatic nitrogens is 3. The molecule has 1 atom stereocenters. The Morgan fingerprint density at radius 3 is 3.09 bits per heavy atom. The van der Waals surface area contributed by atoms with Crippen molar-refractivity contribution in [3.8, 4) is 0 Å². The lowest BCUT2D eigenvalue weighted by Crippen LogP contribution is -2.19. The van der Waals surface area contributed by atoms with Gasteiger partial charge in [-0.25, -0.2) is 9.78 Å². The Kier molecular flexibility index (Phi) is 4.68. The van der Waals surface area contributed by atoms with Crippen LogP contribution in [0.15, 0.2) is 29.6 Å². The molecular weight excluding hydrogens is 312 g/mol. The summed E-state index contributed by atoms with van der Waals surface area (Å²) in [4.78, 5) is 15.8. The molecular formula is C16H18N4O2S. The van der Waals surface area contributed by atoms with Crippen LogP contribution in [0.4, 0.5) is 0 Å². The van der Waals surface area contributed by atoms with Crippen molar-refractivity contribution in [1.82, 2.24) is 20.5 Å². The second-order valence-electron chi connectivity index (χ2n) is 5.12. The topological polar surface area (TPSA) is 79.9 Å². The predicted molar refractivity (Wildman–Crippen MR) is 89.4 cm³/mol. The minimum atomic E-state index is -0.508. The molecule has 3 rings (SSSR count). The Morgan fingerprint density at radius 1 is 1.43 bits per heavy atom. The number of benzene rings is 1. The first kappa shape index (κ1) is 15.6. The fraction of sp³-hybridized carbons (Fsp3) is 0.312. The second kappa shape index (κ2) is 6.89. The van der Waals surface area contributed by atoms with Crippen LogP contribution in [0.1, 0.15) is 41.9 Å². The molecule has 0 aliphatic rings. The first-order valence-electron chi connectivity index (χ1n) is 7.47. The number of fused-ring (bicyclic) bond motifs is 1. The Balaban J connectivity index is 1.65. The third-order valence-electron chi connectivity index (χ3n) is 3.53. The van der Waals surface area contributed by atoms with E-state index in [0.29, 0.717) is 12.4 Å². The molecule has 120 valence electrons. The Bertz CT molecular complexity index is 811. The van der Waals surface area contributed by atoms with E-state index in [4.69, 9.17) is 4.74 Å². The molecule has 1 unspecified atom stereocenters. The molecule has 0 fully saturated rings. The largest absolute Gasteiger partial charge is 0.460 e. The molecule has 0 radical (unpaired) electrons. The third kappa shape index (κ3) is 3.40. The lowest BCUT2D eigenvalue weighted by molar-refractivity contribution is 0.0512. The van der Waals surface area contributed by atoms with Crippen LogP contribution >= 0.6 is 11.3 Å². The van der Waals surface area contributed by atoms with Crippen molar-refractivity contribution in [3.05, 3.63) is 46.9 Å². The standard InChI is InChI=1S/C16H18N4O2S/c1-3-22-16(21)15-18-14(19-20-15)10(2)17-8-11-9-23-13-7-5-4-6-12(11)13/h4-7,9-10,17H,3,8H2,1-2H3,(H,18,19,20). The maximum absolute atomic E-state index is 11.6. The molecule has 2 aromatic heterocycles. The molecule has 1 aromatic carbocycles. The van der Waals surface area contributed by atoms with Gasteiger partial charge in [0.25, 0.3) is 5.82 Å². The summed E-state index contributed by atoms with van der Waals surface area (Å²) in [6, 6.07) is 8.29. The number of H-pyrrole nitrogens is 1. The SMILES string of the molecule is CCOC(=O)c1n[nH]c(C(C)NCc2csc3ccccc23)n1. The summed E-state index contributed by atoms with van der Waals surface area (Å²) in [6.45, 7) is 4.76. The number of hydrogen-bond acceptors (Lipinski definition) is 6. The highest BCUT2D eigenvalue weighted by Crippen LogP contribution is 2.25. The summed E-state index contributed by atoms with van der Waals surface area (Å²) in [5.74, 6) is 0.176. The molecule has 0 spiro atoms. The van der Waals surface area contributed by atoms with E-state index < -0.39 is 5.97 Å². The predicted octanol–water partition coefficient (Wildman–Crippen LogP) is 3.05. The Labute approximate surface area is 137 Å². The zero-order valence-corrected chi connectivity index (χ0v) is 13.8. The van der Waals surface area contributed by atoms with Gasteiger partial charge >= 0.3 is 5.97 Å². The van der Waals surface area contributed by atoms with Crippen LogP contribution < -0.4 is 5.32 Å². The number of rotatable bonds is 6. The Morgan fingerprint density at radius 2 is 2.26 bits per heavy atom. The number of nitrogens with one attached hydrogen (secondary N) is 2. The molecule has 0 aliphatic heterocycles. The van der Waals surface area contributed by atoms with Crippen molar-refractivity contribution < 1.29 is 9.53 Å². The van der Waals surface area contributed by atoms with Crippen LogP contribution in [0, 0.1) is 0 Å². The molecule has 0 aliphatic carbocycles. The maximum atomic E-state index is 11.6. The smallest absolute Gasteiger partial charge is 0.378 e. The summed E-state index contributed by atoms with van der Waals surface area (Å²) >= 11 is 1.74. The van der Waals surface area contributed by atoms with E-state index in [1.54, 1.807) is 18.3 Å². The van der Waals surface area contributed by atoms with E-state index in [-0.39, 0.29) is 11.9 Å². The fourth-order valence-corrected chi connectivity index (χ4v) is 3.25. The van der Waals surface area contributed by atoms with Crippen molar-refractivity contribution >= 4 is 27.4 Å². The summed E-state index contributed by atoms with van der Waals surface area (Å²) in [7, 11) is 0. The molecule has 0 saturated heterocycles. The van der Waals surface area contributed by atoms with Crippen molar-refractivity contribution in [2.45, 2.75) is 26.4 Å². The molecule has 0 saturated carbocycles. The second-order valence-corrected chi connectivity index (χ2v) is 6.04. The molecule has 3 aromatic rings. The van der Waals surface area contributed by atoms with Gasteiger partial charge in [0.15, 0.2) is 0 Å². The number of thiophene rings is 1. The summed E-state index contributed by atoms with van der Waals surface area (Å²) in [5.41, 5.74) is 1.25. The van der Waals surface area contributed by atoms with Gasteiger partial charge in [-0.2, -0.15) is 0 Å². The van der Waals surface area contributed by atoms with Gasteiger partial charge in [-0.15, -0.1) is 16.4 Å². The van der Waals surface area contributed by atoms with Crippen molar-refractivity contribution in [2.24, 2.45) is 0 Å². The van der Waals surface area contributed by atoms with E-state index >= 15 is 0 Å². The first-order valence-corrected chi connectivity index (χ1v) is 8.35.